The van der Waals surface area contributed by atoms with Gasteiger partial charge >= 0.3 is 12.1 Å². The molecule has 0 saturated carbocycles. The van der Waals surface area contributed by atoms with E-state index in [4.69, 9.17) is 13.9 Å². The van der Waals surface area contributed by atoms with E-state index in [2.05, 4.69) is 5.10 Å². The van der Waals surface area contributed by atoms with E-state index in [1.54, 1.807) is 24.3 Å². The minimum Gasteiger partial charge on any atom is -0.494 e. The lowest BCUT2D eigenvalue weighted by atomic mass is 10.1. The van der Waals surface area contributed by atoms with E-state index in [1.807, 2.05) is 6.92 Å². The molecule has 1 N–H and O–H groups in total. The van der Waals surface area contributed by atoms with E-state index in [1.165, 1.54) is 12.1 Å². The predicted octanol–water partition coefficient (Wildman–Crippen LogP) is 3.34. The summed E-state index contributed by atoms with van der Waals surface area (Å²) in [5.74, 6) is -0.184. The van der Waals surface area contributed by atoms with Gasteiger partial charge in [0, 0.05) is 12.6 Å². The van der Waals surface area contributed by atoms with E-state index in [0.29, 0.717) is 18.1 Å². The van der Waals surface area contributed by atoms with Crippen molar-refractivity contribution in [2.75, 3.05) is 6.61 Å². The Balaban J connectivity index is 1.65. The van der Waals surface area contributed by atoms with Crippen molar-refractivity contribution in [3.05, 3.63) is 47.9 Å². The van der Waals surface area contributed by atoms with Gasteiger partial charge in [-0.05, 0) is 43.3 Å². The summed E-state index contributed by atoms with van der Waals surface area (Å²) < 4.78 is 55.3. The molecule has 2 aromatic rings. The molecule has 150 valence electrons. The molecule has 0 aliphatic carbocycles. The van der Waals surface area contributed by atoms with Crippen LogP contribution in [0.1, 0.15) is 29.7 Å². The molecule has 0 saturated heterocycles. The molecule has 2 heterocycles. The van der Waals surface area contributed by atoms with Crippen LogP contribution in [-0.4, -0.2) is 40.7 Å². The molecule has 0 unspecified atom stereocenters. The molecule has 0 spiro atoms. The SMILES string of the molecule is CCOc1ccc(OCc2ccc(C(=O)N3N=CC[C@]3(O)C(F)(F)F)o2)cc1. The number of carbonyl (C=O) groups excluding carboxylic acids is 1. The molecule has 1 amide bonds. The van der Waals surface area contributed by atoms with Gasteiger partial charge < -0.3 is 19.0 Å². The molecule has 1 aliphatic rings. The fourth-order valence-corrected chi connectivity index (χ4v) is 2.52. The molecule has 1 aliphatic heterocycles. The van der Waals surface area contributed by atoms with Crippen LogP contribution in [0.5, 0.6) is 11.5 Å². The summed E-state index contributed by atoms with van der Waals surface area (Å²) in [6.45, 7) is 2.35. The van der Waals surface area contributed by atoms with Crippen LogP contribution in [0.2, 0.25) is 0 Å². The number of hydrazone groups is 1. The molecule has 1 aromatic heterocycles. The van der Waals surface area contributed by atoms with Crippen LogP contribution >= 0.6 is 0 Å². The minimum absolute atomic E-state index is 0.0249. The van der Waals surface area contributed by atoms with Gasteiger partial charge in [0.1, 0.15) is 23.9 Å². The summed E-state index contributed by atoms with van der Waals surface area (Å²) in [6, 6.07) is 9.40. The van der Waals surface area contributed by atoms with Gasteiger partial charge in [-0.2, -0.15) is 23.3 Å². The first-order valence-electron chi connectivity index (χ1n) is 8.35. The summed E-state index contributed by atoms with van der Waals surface area (Å²) >= 11 is 0. The first-order valence-corrected chi connectivity index (χ1v) is 8.35. The Labute approximate surface area is 158 Å². The maximum atomic E-state index is 13.1. The minimum atomic E-state index is -5.06. The van der Waals surface area contributed by atoms with E-state index >= 15 is 0 Å². The first-order chi connectivity index (χ1) is 13.2. The number of ether oxygens (including phenoxy) is 2. The second-order valence-electron chi connectivity index (χ2n) is 5.89. The fourth-order valence-electron chi connectivity index (χ4n) is 2.52. The van der Waals surface area contributed by atoms with Gasteiger partial charge in [0.2, 0.25) is 0 Å². The van der Waals surface area contributed by atoms with Crippen LogP contribution in [0.15, 0.2) is 45.9 Å². The molecule has 0 radical (unpaired) electrons. The Morgan fingerprint density at radius 1 is 1.21 bits per heavy atom. The van der Waals surface area contributed by atoms with E-state index in [0.717, 1.165) is 6.21 Å². The molecule has 28 heavy (non-hydrogen) atoms. The van der Waals surface area contributed by atoms with Gasteiger partial charge in [-0.15, -0.1) is 0 Å². The van der Waals surface area contributed by atoms with Crippen molar-refractivity contribution < 1.29 is 37.0 Å². The third-order valence-electron chi connectivity index (χ3n) is 3.96. The molecule has 0 fully saturated rings. The lowest BCUT2D eigenvalue weighted by Crippen LogP contribution is -2.56. The Morgan fingerprint density at radius 2 is 1.86 bits per heavy atom. The number of benzene rings is 1. The summed E-state index contributed by atoms with van der Waals surface area (Å²) in [6.07, 6.45) is -5.09. The van der Waals surface area contributed by atoms with Gasteiger partial charge in [-0.3, -0.25) is 4.79 Å². The average Bonchev–Trinajstić information content (AvgIpc) is 3.28. The molecular weight excluding hydrogens is 381 g/mol. The number of rotatable bonds is 6. The van der Waals surface area contributed by atoms with Gasteiger partial charge in [-0.1, -0.05) is 0 Å². The highest BCUT2D eigenvalue weighted by Gasteiger charge is 2.61. The number of hydrogen-bond acceptors (Lipinski definition) is 6. The predicted molar refractivity (Wildman–Crippen MR) is 90.9 cm³/mol. The second-order valence-corrected chi connectivity index (χ2v) is 5.89. The molecule has 3 rings (SSSR count). The number of furan rings is 1. The largest absolute Gasteiger partial charge is 0.494 e. The average molecular weight is 398 g/mol. The topological polar surface area (TPSA) is 84.5 Å². The van der Waals surface area contributed by atoms with Gasteiger partial charge in [0.15, 0.2) is 5.76 Å². The van der Waals surface area contributed by atoms with Crippen molar-refractivity contribution in [3.8, 4) is 11.5 Å². The Bertz CT molecular complexity index is 863. The van der Waals surface area contributed by atoms with Crippen molar-refractivity contribution >= 4 is 12.1 Å². The Morgan fingerprint density at radius 3 is 2.46 bits per heavy atom. The van der Waals surface area contributed by atoms with Crippen molar-refractivity contribution in [2.24, 2.45) is 5.10 Å². The maximum Gasteiger partial charge on any atom is 0.438 e. The zero-order valence-corrected chi connectivity index (χ0v) is 14.8. The maximum absolute atomic E-state index is 13.1. The van der Waals surface area contributed by atoms with Crippen LogP contribution in [0.3, 0.4) is 0 Å². The molecule has 10 heteroatoms. The summed E-state index contributed by atoms with van der Waals surface area (Å²) in [4.78, 5) is 12.3. The number of hydrogen-bond donors (Lipinski definition) is 1. The quantitative estimate of drug-likeness (QED) is 0.807. The highest BCUT2D eigenvalue weighted by atomic mass is 19.4. The normalized spacial score (nSPS) is 19.1. The lowest BCUT2D eigenvalue weighted by molar-refractivity contribution is -0.297. The van der Waals surface area contributed by atoms with Crippen molar-refractivity contribution in [1.82, 2.24) is 5.01 Å². The van der Waals surface area contributed by atoms with Crippen LogP contribution in [0.4, 0.5) is 13.2 Å². The third-order valence-corrected chi connectivity index (χ3v) is 3.96. The number of nitrogens with zero attached hydrogens (tertiary/aromatic N) is 2. The number of halogens is 3. The number of aliphatic hydroxyl groups is 1. The summed E-state index contributed by atoms with van der Waals surface area (Å²) in [7, 11) is 0. The smallest absolute Gasteiger partial charge is 0.438 e. The summed E-state index contributed by atoms with van der Waals surface area (Å²) in [5.41, 5.74) is -3.39. The van der Waals surface area contributed by atoms with Gasteiger partial charge in [-0.25, -0.2) is 0 Å². The molecule has 1 atom stereocenters. The lowest BCUT2D eigenvalue weighted by Gasteiger charge is -2.31. The standard InChI is InChI=1S/C18H17F3N2O5/c1-2-26-12-3-5-13(6-4-12)27-11-14-7-8-15(28-14)16(24)23-17(25,9-10-22-23)18(19,20)21/h3-8,10,25H,2,9,11H2,1H3/t17-/m0/s1. The first kappa shape index (κ1) is 19.7. The highest BCUT2D eigenvalue weighted by molar-refractivity contribution is 5.93. The van der Waals surface area contributed by atoms with Gasteiger partial charge in [0.25, 0.3) is 5.72 Å². The van der Waals surface area contributed by atoms with E-state index < -0.39 is 30.0 Å². The highest BCUT2D eigenvalue weighted by Crippen LogP contribution is 2.39. The number of carbonyl (C=O) groups is 1. The summed E-state index contributed by atoms with van der Waals surface area (Å²) in [5, 5.41) is 13.1. The molecule has 0 bridgehead atoms. The van der Waals surface area contributed by atoms with Crippen LogP contribution in [-0.2, 0) is 6.61 Å². The van der Waals surface area contributed by atoms with Gasteiger partial charge in [0.05, 0.1) is 6.61 Å². The van der Waals surface area contributed by atoms with E-state index in [-0.39, 0.29) is 17.4 Å². The van der Waals surface area contributed by atoms with Crippen molar-refractivity contribution in [2.45, 2.75) is 31.9 Å². The Kier molecular flexibility index (Phi) is 5.32. The zero-order valence-electron chi connectivity index (χ0n) is 14.8. The van der Waals surface area contributed by atoms with Crippen LogP contribution < -0.4 is 9.47 Å². The number of amides is 1. The second kappa shape index (κ2) is 7.55. The van der Waals surface area contributed by atoms with Crippen LogP contribution in [0, 0.1) is 0 Å². The molecule has 7 nitrogen and oxygen atoms in total. The van der Waals surface area contributed by atoms with Crippen molar-refractivity contribution in [3.63, 3.8) is 0 Å². The molecule has 1 aromatic carbocycles. The number of alkyl halides is 3. The monoisotopic (exact) mass is 398 g/mol. The zero-order chi connectivity index (χ0) is 20.4. The fraction of sp³-hybridized carbons (Fsp3) is 0.333. The third kappa shape index (κ3) is 3.81. The van der Waals surface area contributed by atoms with E-state index in [9.17, 15) is 23.1 Å². The molecular formula is C18H17F3N2O5. The van der Waals surface area contributed by atoms with Crippen LogP contribution in [0.25, 0.3) is 0 Å². The van der Waals surface area contributed by atoms with Crippen molar-refractivity contribution in [1.29, 1.82) is 0 Å². The Hall–Kier alpha value is -3.01.